The fourth-order valence-corrected chi connectivity index (χ4v) is 4.18. The van der Waals surface area contributed by atoms with E-state index in [2.05, 4.69) is 0 Å². The Morgan fingerprint density at radius 3 is 2.09 bits per heavy atom. The Hall–Kier alpha value is -2.45. The van der Waals surface area contributed by atoms with E-state index in [0.29, 0.717) is 18.4 Å². The van der Waals surface area contributed by atoms with Crippen molar-refractivity contribution in [2.45, 2.75) is 70.4 Å². The third kappa shape index (κ3) is 5.86. The average Bonchev–Trinajstić information content (AvgIpc) is 3.15. The molecule has 8 nitrogen and oxygen atoms in total. The first-order valence-electron chi connectivity index (χ1n) is 10.7. The molecule has 0 radical (unpaired) electrons. The Morgan fingerprint density at radius 2 is 1.59 bits per heavy atom. The van der Waals surface area contributed by atoms with Crippen LogP contribution in [0.15, 0.2) is 30.3 Å². The molecule has 32 heavy (non-hydrogen) atoms. The van der Waals surface area contributed by atoms with E-state index in [4.69, 9.17) is 18.9 Å². The molecule has 0 saturated carbocycles. The summed E-state index contributed by atoms with van der Waals surface area (Å²) in [6.45, 7) is 6.94. The van der Waals surface area contributed by atoms with Crippen molar-refractivity contribution in [3.63, 3.8) is 0 Å². The van der Waals surface area contributed by atoms with Crippen molar-refractivity contribution in [2.24, 2.45) is 5.92 Å². The van der Waals surface area contributed by atoms with E-state index in [1.54, 1.807) is 52.0 Å². The Bertz CT molecular complexity index is 798. The van der Waals surface area contributed by atoms with Gasteiger partial charge in [0, 0.05) is 32.2 Å². The van der Waals surface area contributed by atoms with Crippen LogP contribution in [0.4, 0.5) is 4.79 Å². The SMILES string of the molecule is COC(=O)C(C1CCC(CC(=O)c2ccccc2)N1C(=O)OC(C)(C)C)C(C)(OC)OC. The van der Waals surface area contributed by atoms with Gasteiger partial charge >= 0.3 is 12.1 Å². The number of rotatable bonds is 8. The fraction of sp³-hybridized carbons (Fsp3) is 0.625. The van der Waals surface area contributed by atoms with Gasteiger partial charge in [0.1, 0.15) is 11.5 Å². The van der Waals surface area contributed by atoms with Gasteiger partial charge in [-0.25, -0.2) is 4.79 Å². The van der Waals surface area contributed by atoms with Crippen LogP contribution in [0.2, 0.25) is 0 Å². The number of likely N-dealkylation sites (tertiary alicyclic amines) is 1. The number of carbonyl (C=O) groups is 3. The lowest BCUT2D eigenvalue weighted by Crippen LogP contribution is -2.56. The molecule has 8 heteroatoms. The molecule has 1 aromatic rings. The summed E-state index contributed by atoms with van der Waals surface area (Å²) in [6, 6.07) is 7.86. The molecule has 0 aliphatic carbocycles. The molecule has 1 fully saturated rings. The van der Waals surface area contributed by atoms with Crippen molar-refractivity contribution in [1.82, 2.24) is 4.90 Å². The van der Waals surface area contributed by atoms with Crippen molar-refractivity contribution in [3.05, 3.63) is 35.9 Å². The van der Waals surface area contributed by atoms with Crippen molar-refractivity contribution in [2.75, 3.05) is 21.3 Å². The van der Waals surface area contributed by atoms with Crippen molar-refractivity contribution < 1.29 is 33.3 Å². The number of amides is 1. The van der Waals surface area contributed by atoms with Gasteiger partial charge in [-0.1, -0.05) is 30.3 Å². The predicted molar refractivity (Wildman–Crippen MR) is 118 cm³/mol. The number of carbonyl (C=O) groups excluding carboxylic acids is 3. The van der Waals surface area contributed by atoms with Gasteiger partial charge in [0.15, 0.2) is 11.6 Å². The highest BCUT2D eigenvalue weighted by Crippen LogP contribution is 2.39. The van der Waals surface area contributed by atoms with Crippen LogP contribution in [0, 0.1) is 5.92 Å². The highest BCUT2D eigenvalue weighted by Gasteiger charge is 2.53. The molecular weight excluding hydrogens is 414 g/mol. The number of ketones is 1. The van der Waals surface area contributed by atoms with Gasteiger partial charge in [-0.3, -0.25) is 9.59 Å². The largest absolute Gasteiger partial charge is 0.469 e. The van der Waals surface area contributed by atoms with E-state index >= 15 is 0 Å². The van der Waals surface area contributed by atoms with Crippen molar-refractivity contribution in [1.29, 1.82) is 0 Å². The quantitative estimate of drug-likeness (QED) is 0.338. The van der Waals surface area contributed by atoms with E-state index in [9.17, 15) is 14.4 Å². The molecule has 2 rings (SSSR count). The summed E-state index contributed by atoms with van der Waals surface area (Å²) in [5.74, 6) is -2.92. The third-order valence-corrected chi connectivity index (χ3v) is 5.88. The Morgan fingerprint density at radius 1 is 1.00 bits per heavy atom. The number of hydrogen-bond acceptors (Lipinski definition) is 7. The second kappa shape index (κ2) is 10.4. The van der Waals surface area contributed by atoms with Gasteiger partial charge in [-0.05, 0) is 40.5 Å². The summed E-state index contributed by atoms with van der Waals surface area (Å²) in [5.41, 5.74) is -0.173. The van der Waals surface area contributed by atoms with Gasteiger partial charge in [0.05, 0.1) is 13.2 Å². The first-order chi connectivity index (χ1) is 15.0. The number of ether oxygens (including phenoxy) is 4. The third-order valence-electron chi connectivity index (χ3n) is 5.88. The van der Waals surface area contributed by atoms with Crippen LogP contribution >= 0.6 is 0 Å². The van der Waals surface area contributed by atoms with Crippen molar-refractivity contribution in [3.8, 4) is 0 Å². The van der Waals surface area contributed by atoms with Crippen LogP contribution in [0.5, 0.6) is 0 Å². The molecule has 0 bridgehead atoms. The molecular formula is C24H35NO7. The zero-order valence-corrected chi connectivity index (χ0v) is 20.0. The molecule has 0 N–H and O–H groups in total. The summed E-state index contributed by atoms with van der Waals surface area (Å²) < 4.78 is 21.8. The maximum absolute atomic E-state index is 13.3. The first kappa shape index (κ1) is 25.8. The molecule has 0 spiro atoms. The first-order valence-corrected chi connectivity index (χ1v) is 10.7. The number of methoxy groups -OCH3 is 3. The Labute approximate surface area is 190 Å². The van der Waals surface area contributed by atoms with Gasteiger partial charge in [0.2, 0.25) is 0 Å². The van der Waals surface area contributed by atoms with Gasteiger partial charge in [0.25, 0.3) is 0 Å². The molecule has 0 aromatic heterocycles. The molecule has 1 saturated heterocycles. The second-order valence-corrected chi connectivity index (χ2v) is 9.10. The molecule has 1 aromatic carbocycles. The zero-order valence-electron chi connectivity index (χ0n) is 20.0. The lowest BCUT2D eigenvalue weighted by molar-refractivity contribution is -0.240. The van der Waals surface area contributed by atoms with Crippen LogP contribution in [-0.4, -0.2) is 67.5 Å². The molecule has 1 amide bonds. The normalized spacial score (nSPS) is 20.0. The number of nitrogens with zero attached hydrogens (tertiary/aromatic N) is 1. The maximum Gasteiger partial charge on any atom is 0.410 e. The molecule has 1 aliphatic heterocycles. The summed E-state index contributed by atoms with van der Waals surface area (Å²) in [6.07, 6.45) is 0.520. The highest BCUT2D eigenvalue weighted by molar-refractivity contribution is 5.96. The Kier molecular flexibility index (Phi) is 8.42. The highest BCUT2D eigenvalue weighted by atomic mass is 16.7. The second-order valence-electron chi connectivity index (χ2n) is 9.10. The number of Topliss-reactive ketones (excluding diaryl/α,β-unsaturated/α-hetero) is 1. The fourth-order valence-electron chi connectivity index (χ4n) is 4.18. The molecule has 1 heterocycles. The standard InChI is InChI=1S/C24H35NO7/c1-23(2,3)32-22(28)25-17(15-19(26)16-11-9-8-10-12-16)13-14-18(25)20(21(27)29-5)24(4,30-6)31-7/h8-12,17-18,20H,13-15H2,1-7H3. The molecule has 3 atom stereocenters. The zero-order chi connectivity index (χ0) is 24.1. The van der Waals surface area contributed by atoms with Crippen LogP contribution < -0.4 is 0 Å². The van der Waals surface area contributed by atoms with Crippen molar-refractivity contribution >= 4 is 17.8 Å². The summed E-state index contributed by atoms with van der Waals surface area (Å²) in [7, 11) is 4.15. The average molecular weight is 450 g/mol. The van der Waals surface area contributed by atoms with Gasteiger partial charge in [-0.15, -0.1) is 0 Å². The minimum Gasteiger partial charge on any atom is -0.469 e. The van der Waals surface area contributed by atoms with Gasteiger partial charge in [-0.2, -0.15) is 0 Å². The summed E-state index contributed by atoms with van der Waals surface area (Å²) >= 11 is 0. The van der Waals surface area contributed by atoms with E-state index in [1.165, 1.54) is 26.2 Å². The monoisotopic (exact) mass is 449 g/mol. The summed E-state index contributed by atoms with van der Waals surface area (Å²) in [5, 5.41) is 0. The number of esters is 1. The minimum absolute atomic E-state index is 0.0827. The van der Waals surface area contributed by atoms with Crippen LogP contribution in [0.1, 0.15) is 57.3 Å². The van der Waals surface area contributed by atoms with Crippen LogP contribution in [0.25, 0.3) is 0 Å². The van der Waals surface area contributed by atoms with E-state index in [1.807, 2.05) is 6.07 Å². The smallest absolute Gasteiger partial charge is 0.410 e. The Balaban J connectivity index is 2.43. The lowest BCUT2D eigenvalue weighted by Gasteiger charge is -2.41. The van der Waals surface area contributed by atoms with E-state index < -0.39 is 41.5 Å². The molecule has 1 aliphatic rings. The summed E-state index contributed by atoms with van der Waals surface area (Å²) in [4.78, 5) is 40.5. The topological polar surface area (TPSA) is 91.4 Å². The van der Waals surface area contributed by atoms with E-state index in [0.717, 1.165) is 0 Å². The minimum atomic E-state index is -1.34. The number of hydrogen-bond donors (Lipinski definition) is 0. The maximum atomic E-state index is 13.3. The van der Waals surface area contributed by atoms with Crippen LogP contribution in [0.3, 0.4) is 0 Å². The lowest BCUT2D eigenvalue weighted by atomic mass is 9.89. The van der Waals surface area contributed by atoms with Crippen LogP contribution in [-0.2, 0) is 23.7 Å². The predicted octanol–water partition coefficient (Wildman–Crippen LogP) is 3.83. The van der Waals surface area contributed by atoms with E-state index in [-0.39, 0.29) is 12.2 Å². The molecule has 178 valence electrons. The number of benzene rings is 1. The van der Waals surface area contributed by atoms with Gasteiger partial charge < -0.3 is 23.8 Å². The molecule has 3 unspecified atom stereocenters.